The second kappa shape index (κ2) is 7.77. The van der Waals surface area contributed by atoms with Gasteiger partial charge in [-0.1, -0.05) is 29.8 Å². The number of nitrogens with zero attached hydrogens (tertiary/aromatic N) is 1. The summed E-state index contributed by atoms with van der Waals surface area (Å²) in [6.45, 7) is 9.53. The third kappa shape index (κ3) is 5.38. The van der Waals surface area contributed by atoms with E-state index in [0.717, 1.165) is 23.2 Å². The smallest absolute Gasteiger partial charge is 0.0839 e. The van der Waals surface area contributed by atoms with Crippen molar-refractivity contribution < 1.29 is 5.11 Å². The molecular weight excluding hydrogens is 292 g/mol. The maximum absolute atomic E-state index is 9.97. The third-order valence-corrected chi connectivity index (χ3v) is 3.41. The van der Waals surface area contributed by atoms with Gasteiger partial charge in [0.2, 0.25) is 0 Å². The van der Waals surface area contributed by atoms with Gasteiger partial charge in [0.05, 0.1) is 6.10 Å². The number of rotatable bonds is 7. The van der Waals surface area contributed by atoms with Crippen molar-refractivity contribution in [3.05, 3.63) is 28.2 Å². The fraction of sp³-hybridized carbons (Fsp3) is 0.571. The number of nitrogens with one attached hydrogen (secondary N) is 1. The van der Waals surface area contributed by atoms with E-state index in [9.17, 15) is 5.11 Å². The lowest BCUT2D eigenvalue weighted by molar-refractivity contribution is 0.128. The molecule has 0 fully saturated rings. The molecule has 1 unspecified atom stereocenters. The minimum absolute atomic E-state index is 0.343. The molecule has 1 aromatic rings. The predicted octanol–water partition coefficient (Wildman–Crippen LogP) is 2.87. The van der Waals surface area contributed by atoms with Crippen LogP contribution in [0.3, 0.4) is 0 Å². The van der Waals surface area contributed by atoms with Crippen molar-refractivity contribution in [2.24, 2.45) is 0 Å². The van der Waals surface area contributed by atoms with E-state index in [1.807, 2.05) is 6.07 Å². The Morgan fingerprint density at radius 2 is 1.94 bits per heavy atom. The van der Waals surface area contributed by atoms with Gasteiger partial charge in [-0.15, -0.1) is 0 Å². The molecule has 2 N–H and O–H groups in total. The Bertz CT molecular complexity index is 347. The average molecular weight is 315 g/mol. The number of benzene rings is 1. The van der Waals surface area contributed by atoms with Crippen molar-refractivity contribution in [2.75, 3.05) is 31.5 Å². The highest BCUT2D eigenvalue weighted by atomic mass is 79.9. The Kier molecular flexibility index (Phi) is 6.68. The average Bonchev–Trinajstić information content (AvgIpc) is 2.32. The second-order valence-corrected chi connectivity index (χ2v) is 5.45. The molecule has 0 spiro atoms. The van der Waals surface area contributed by atoms with Gasteiger partial charge in [0, 0.05) is 23.2 Å². The number of anilines is 1. The summed E-state index contributed by atoms with van der Waals surface area (Å²) in [5.41, 5.74) is 2.24. The van der Waals surface area contributed by atoms with E-state index in [1.54, 1.807) is 0 Å². The minimum atomic E-state index is -0.343. The van der Waals surface area contributed by atoms with Crippen LogP contribution in [0.15, 0.2) is 22.7 Å². The number of aryl methyl sites for hydroxylation is 1. The lowest BCUT2D eigenvalue weighted by Gasteiger charge is -2.22. The molecule has 0 amide bonds. The van der Waals surface area contributed by atoms with Crippen molar-refractivity contribution >= 4 is 21.6 Å². The summed E-state index contributed by atoms with van der Waals surface area (Å²) in [5, 5.41) is 13.2. The van der Waals surface area contributed by atoms with Crippen molar-refractivity contribution in [2.45, 2.75) is 26.9 Å². The molecule has 0 heterocycles. The fourth-order valence-electron chi connectivity index (χ4n) is 1.92. The van der Waals surface area contributed by atoms with Crippen LogP contribution in [0.2, 0.25) is 0 Å². The van der Waals surface area contributed by atoms with Gasteiger partial charge in [0.1, 0.15) is 0 Å². The van der Waals surface area contributed by atoms with Crippen LogP contribution in [0.4, 0.5) is 5.69 Å². The molecule has 0 aromatic heterocycles. The predicted molar refractivity (Wildman–Crippen MR) is 81.2 cm³/mol. The second-order valence-electron chi connectivity index (χ2n) is 4.54. The first-order chi connectivity index (χ1) is 8.55. The molecule has 18 heavy (non-hydrogen) atoms. The summed E-state index contributed by atoms with van der Waals surface area (Å²) in [5.74, 6) is 0. The summed E-state index contributed by atoms with van der Waals surface area (Å²) in [6.07, 6.45) is -0.343. The molecule has 0 aliphatic heterocycles. The molecule has 0 saturated carbocycles. The molecule has 1 atom stereocenters. The lowest BCUT2D eigenvalue weighted by Crippen LogP contribution is -2.35. The minimum Gasteiger partial charge on any atom is -0.390 e. The Labute approximate surface area is 118 Å². The van der Waals surface area contributed by atoms with Crippen LogP contribution in [0, 0.1) is 6.92 Å². The van der Waals surface area contributed by atoms with Gasteiger partial charge in [-0.3, -0.25) is 0 Å². The van der Waals surface area contributed by atoms with Crippen molar-refractivity contribution in [1.82, 2.24) is 4.90 Å². The van der Waals surface area contributed by atoms with E-state index in [4.69, 9.17) is 0 Å². The summed E-state index contributed by atoms with van der Waals surface area (Å²) in [7, 11) is 0. The fourth-order valence-corrected chi connectivity index (χ4v) is 2.53. The maximum atomic E-state index is 9.97. The van der Waals surface area contributed by atoms with Gasteiger partial charge in [0.15, 0.2) is 0 Å². The Morgan fingerprint density at radius 3 is 2.50 bits per heavy atom. The van der Waals surface area contributed by atoms with Crippen LogP contribution in [-0.2, 0) is 0 Å². The number of likely N-dealkylation sites (N-methyl/N-ethyl adjacent to an activating group) is 1. The molecule has 0 aliphatic carbocycles. The summed E-state index contributed by atoms with van der Waals surface area (Å²) in [4.78, 5) is 2.22. The van der Waals surface area contributed by atoms with Gasteiger partial charge >= 0.3 is 0 Å². The maximum Gasteiger partial charge on any atom is 0.0839 e. The van der Waals surface area contributed by atoms with E-state index in [2.05, 4.69) is 59.1 Å². The first-order valence-electron chi connectivity index (χ1n) is 6.46. The van der Waals surface area contributed by atoms with E-state index >= 15 is 0 Å². The van der Waals surface area contributed by atoms with Crippen molar-refractivity contribution in [3.63, 3.8) is 0 Å². The zero-order chi connectivity index (χ0) is 13.5. The molecule has 4 heteroatoms. The monoisotopic (exact) mass is 314 g/mol. The van der Waals surface area contributed by atoms with Gasteiger partial charge in [-0.25, -0.2) is 0 Å². The van der Waals surface area contributed by atoms with E-state index < -0.39 is 0 Å². The van der Waals surface area contributed by atoms with E-state index in [0.29, 0.717) is 13.1 Å². The Balaban J connectivity index is 2.44. The van der Waals surface area contributed by atoms with Gasteiger partial charge < -0.3 is 15.3 Å². The number of hydrogen-bond acceptors (Lipinski definition) is 3. The van der Waals surface area contributed by atoms with Crippen LogP contribution in [-0.4, -0.2) is 42.3 Å². The largest absolute Gasteiger partial charge is 0.390 e. The summed E-state index contributed by atoms with van der Waals surface area (Å²) >= 11 is 3.47. The van der Waals surface area contributed by atoms with Crippen molar-refractivity contribution in [3.8, 4) is 0 Å². The lowest BCUT2D eigenvalue weighted by atomic mass is 10.2. The molecule has 102 valence electrons. The molecule has 1 rings (SSSR count). The van der Waals surface area contributed by atoms with Crippen LogP contribution < -0.4 is 5.32 Å². The highest BCUT2D eigenvalue weighted by Crippen LogP contribution is 2.18. The Morgan fingerprint density at radius 1 is 1.28 bits per heavy atom. The molecule has 0 bridgehead atoms. The highest BCUT2D eigenvalue weighted by molar-refractivity contribution is 9.10. The number of aliphatic hydroxyl groups is 1. The highest BCUT2D eigenvalue weighted by Gasteiger charge is 2.08. The van der Waals surface area contributed by atoms with Crippen LogP contribution >= 0.6 is 15.9 Å². The SMILES string of the molecule is CCN(CC)CC(O)CNc1cc(C)cc(Br)c1. The first-order valence-corrected chi connectivity index (χ1v) is 7.26. The van der Waals surface area contributed by atoms with Crippen LogP contribution in [0.1, 0.15) is 19.4 Å². The molecule has 0 saturated heterocycles. The van der Waals surface area contributed by atoms with Gasteiger partial charge in [-0.05, 0) is 43.8 Å². The molecule has 0 aliphatic rings. The van der Waals surface area contributed by atoms with Gasteiger partial charge in [0.25, 0.3) is 0 Å². The molecule has 3 nitrogen and oxygen atoms in total. The normalized spacial score (nSPS) is 12.8. The topological polar surface area (TPSA) is 35.5 Å². The van der Waals surface area contributed by atoms with Crippen molar-refractivity contribution in [1.29, 1.82) is 0 Å². The summed E-state index contributed by atoms with van der Waals surface area (Å²) < 4.78 is 1.06. The zero-order valence-corrected chi connectivity index (χ0v) is 13.0. The molecule has 1 aromatic carbocycles. The first kappa shape index (κ1) is 15.5. The number of aliphatic hydroxyl groups excluding tert-OH is 1. The van der Waals surface area contributed by atoms with Crippen LogP contribution in [0.25, 0.3) is 0 Å². The zero-order valence-electron chi connectivity index (χ0n) is 11.4. The molecule has 0 radical (unpaired) electrons. The third-order valence-electron chi connectivity index (χ3n) is 2.95. The number of halogens is 1. The van der Waals surface area contributed by atoms with E-state index in [1.165, 1.54) is 5.56 Å². The summed E-state index contributed by atoms with van der Waals surface area (Å²) in [6, 6.07) is 6.17. The number of hydrogen-bond donors (Lipinski definition) is 2. The standard InChI is InChI=1S/C14H23BrN2O/c1-4-17(5-2)10-14(18)9-16-13-7-11(3)6-12(15)8-13/h6-8,14,16,18H,4-5,9-10H2,1-3H3. The van der Waals surface area contributed by atoms with Crippen LogP contribution in [0.5, 0.6) is 0 Å². The molecular formula is C14H23BrN2O. The Hall–Kier alpha value is -0.580. The van der Waals surface area contributed by atoms with Gasteiger partial charge in [-0.2, -0.15) is 0 Å². The quantitative estimate of drug-likeness (QED) is 0.812. The van der Waals surface area contributed by atoms with E-state index in [-0.39, 0.29) is 6.10 Å².